The molecule has 0 amide bonds. The largest absolute Gasteiger partial charge is 0.395 e. The molecule has 1 unspecified atom stereocenters. The average Bonchev–Trinajstić information content (AvgIpc) is 2.93. The van der Waals surface area contributed by atoms with E-state index in [-0.39, 0.29) is 18.2 Å². The molecule has 0 aliphatic rings. The zero-order chi connectivity index (χ0) is 15.3. The van der Waals surface area contributed by atoms with Gasteiger partial charge < -0.3 is 10.4 Å². The SMILES string of the molecule is CC(C)(C)n1cc(CNC(CO)Cc2ccccc2)cn1. The van der Waals surface area contributed by atoms with Gasteiger partial charge in [0.15, 0.2) is 0 Å². The third-order valence-corrected chi connectivity index (χ3v) is 3.46. The molecule has 1 aromatic heterocycles. The molecule has 1 atom stereocenters. The maximum atomic E-state index is 9.52. The van der Waals surface area contributed by atoms with E-state index in [4.69, 9.17) is 0 Å². The highest BCUT2D eigenvalue weighted by atomic mass is 16.3. The van der Waals surface area contributed by atoms with Gasteiger partial charge in [0.1, 0.15) is 0 Å². The van der Waals surface area contributed by atoms with Crippen molar-refractivity contribution in [2.75, 3.05) is 6.61 Å². The van der Waals surface area contributed by atoms with Crippen LogP contribution in [0.3, 0.4) is 0 Å². The summed E-state index contributed by atoms with van der Waals surface area (Å²) in [5.74, 6) is 0. The average molecular weight is 287 g/mol. The molecule has 2 aromatic rings. The molecule has 0 bridgehead atoms. The predicted molar refractivity (Wildman–Crippen MR) is 85.1 cm³/mol. The van der Waals surface area contributed by atoms with Crippen LogP contribution in [0.4, 0.5) is 0 Å². The Kier molecular flexibility index (Phi) is 5.15. The van der Waals surface area contributed by atoms with Crippen molar-refractivity contribution in [2.45, 2.75) is 45.3 Å². The van der Waals surface area contributed by atoms with Crippen LogP contribution >= 0.6 is 0 Å². The van der Waals surface area contributed by atoms with Gasteiger partial charge in [-0.1, -0.05) is 30.3 Å². The predicted octanol–water partition coefficient (Wildman–Crippen LogP) is 2.33. The first-order valence-electron chi connectivity index (χ1n) is 7.41. The van der Waals surface area contributed by atoms with Crippen LogP contribution in [-0.2, 0) is 18.5 Å². The van der Waals surface area contributed by atoms with E-state index in [1.54, 1.807) is 0 Å². The van der Waals surface area contributed by atoms with Crippen molar-refractivity contribution in [2.24, 2.45) is 0 Å². The summed E-state index contributed by atoms with van der Waals surface area (Å²) in [5, 5.41) is 17.3. The summed E-state index contributed by atoms with van der Waals surface area (Å²) in [6.45, 7) is 7.23. The van der Waals surface area contributed by atoms with Crippen LogP contribution in [0.2, 0.25) is 0 Å². The summed E-state index contributed by atoms with van der Waals surface area (Å²) >= 11 is 0. The molecule has 0 fully saturated rings. The molecule has 4 heteroatoms. The van der Waals surface area contributed by atoms with Crippen molar-refractivity contribution in [1.29, 1.82) is 0 Å². The van der Waals surface area contributed by atoms with Gasteiger partial charge in [-0.2, -0.15) is 5.10 Å². The van der Waals surface area contributed by atoms with Gasteiger partial charge in [-0.05, 0) is 32.8 Å². The van der Waals surface area contributed by atoms with Gasteiger partial charge >= 0.3 is 0 Å². The van der Waals surface area contributed by atoms with Crippen LogP contribution in [0, 0.1) is 0 Å². The van der Waals surface area contributed by atoms with E-state index in [1.165, 1.54) is 5.56 Å². The third kappa shape index (κ3) is 4.69. The summed E-state index contributed by atoms with van der Waals surface area (Å²) in [4.78, 5) is 0. The Morgan fingerprint density at radius 3 is 2.48 bits per heavy atom. The summed E-state index contributed by atoms with van der Waals surface area (Å²) in [5.41, 5.74) is 2.37. The van der Waals surface area contributed by atoms with E-state index in [1.807, 2.05) is 29.1 Å². The first-order chi connectivity index (χ1) is 9.99. The molecule has 2 rings (SSSR count). The molecule has 0 aliphatic carbocycles. The second-order valence-corrected chi connectivity index (χ2v) is 6.41. The Balaban J connectivity index is 1.90. The van der Waals surface area contributed by atoms with Crippen LogP contribution in [0.15, 0.2) is 42.7 Å². The number of rotatable bonds is 6. The Hall–Kier alpha value is -1.65. The monoisotopic (exact) mass is 287 g/mol. The fourth-order valence-electron chi connectivity index (χ4n) is 2.18. The van der Waals surface area contributed by atoms with E-state index in [9.17, 15) is 5.11 Å². The van der Waals surface area contributed by atoms with Gasteiger partial charge in [0.2, 0.25) is 0 Å². The molecular formula is C17H25N3O. The first kappa shape index (κ1) is 15.7. The normalized spacial score (nSPS) is 13.3. The van der Waals surface area contributed by atoms with Crippen LogP contribution in [0.1, 0.15) is 31.9 Å². The van der Waals surface area contributed by atoms with E-state index in [0.717, 1.165) is 12.0 Å². The van der Waals surface area contributed by atoms with Gasteiger partial charge in [-0.15, -0.1) is 0 Å². The lowest BCUT2D eigenvalue weighted by molar-refractivity contribution is 0.240. The number of aliphatic hydroxyl groups excluding tert-OH is 1. The molecular weight excluding hydrogens is 262 g/mol. The minimum atomic E-state index is -0.00132. The second-order valence-electron chi connectivity index (χ2n) is 6.41. The Labute approximate surface area is 126 Å². The highest BCUT2D eigenvalue weighted by molar-refractivity contribution is 5.16. The van der Waals surface area contributed by atoms with Crippen molar-refractivity contribution in [3.8, 4) is 0 Å². The van der Waals surface area contributed by atoms with Crippen LogP contribution in [-0.4, -0.2) is 27.5 Å². The van der Waals surface area contributed by atoms with Gasteiger partial charge in [-0.3, -0.25) is 4.68 Å². The zero-order valence-electron chi connectivity index (χ0n) is 13.1. The number of nitrogens with zero attached hydrogens (tertiary/aromatic N) is 2. The van der Waals surface area contributed by atoms with Gasteiger partial charge in [-0.25, -0.2) is 0 Å². The molecule has 1 aromatic carbocycles. The molecule has 1 heterocycles. The van der Waals surface area contributed by atoms with Crippen molar-refractivity contribution in [3.63, 3.8) is 0 Å². The maximum Gasteiger partial charge on any atom is 0.0587 e. The van der Waals surface area contributed by atoms with E-state index in [0.29, 0.717) is 6.54 Å². The van der Waals surface area contributed by atoms with E-state index >= 15 is 0 Å². The smallest absolute Gasteiger partial charge is 0.0587 e. The van der Waals surface area contributed by atoms with E-state index in [2.05, 4.69) is 49.5 Å². The van der Waals surface area contributed by atoms with Gasteiger partial charge in [0, 0.05) is 24.3 Å². The molecule has 2 N–H and O–H groups in total. The molecule has 0 aliphatic heterocycles. The molecule has 4 nitrogen and oxygen atoms in total. The topological polar surface area (TPSA) is 50.1 Å². The Morgan fingerprint density at radius 1 is 1.19 bits per heavy atom. The Morgan fingerprint density at radius 2 is 1.90 bits per heavy atom. The summed E-state index contributed by atoms with van der Waals surface area (Å²) in [6.07, 6.45) is 4.77. The highest BCUT2D eigenvalue weighted by Crippen LogP contribution is 2.13. The van der Waals surface area contributed by atoms with Crippen molar-refractivity contribution < 1.29 is 5.11 Å². The molecule has 114 valence electrons. The fraction of sp³-hybridized carbons (Fsp3) is 0.471. The van der Waals surface area contributed by atoms with Crippen LogP contribution in [0.5, 0.6) is 0 Å². The van der Waals surface area contributed by atoms with Crippen LogP contribution < -0.4 is 5.32 Å². The standard InChI is InChI=1S/C17H25N3O/c1-17(2,3)20-12-15(11-19-20)10-18-16(13-21)9-14-7-5-4-6-8-14/h4-8,11-12,16,18,21H,9-10,13H2,1-3H3. The summed E-state index contributed by atoms with van der Waals surface area (Å²) < 4.78 is 1.97. The number of hydrogen-bond donors (Lipinski definition) is 2. The molecule has 0 spiro atoms. The molecule has 0 saturated carbocycles. The number of nitrogens with one attached hydrogen (secondary N) is 1. The number of aliphatic hydroxyl groups is 1. The molecule has 0 saturated heterocycles. The fourth-order valence-corrected chi connectivity index (χ4v) is 2.18. The minimum Gasteiger partial charge on any atom is -0.395 e. The Bertz CT molecular complexity index is 543. The number of aromatic nitrogens is 2. The minimum absolute atomic E-state index is 0.00132. The first-order valence-corrected chi connectivity index (χ1v) is 7.41. The zero-order valence-corrected chi connectivity index (χ0v) is 13.1. The summed E-state index contributed by atoms with van der Waals surface area (Å²) in [7, 11) is 0. The second kappa shape index (κ2) is 6.87. The molecule has 21 heavy (non-hydrogen) atoms. The van der Waals surface area contributed by atoms with Gasteiger partial charge in [0.25, 0.3) is 0 Å². The summed E-state index contributed by atoms with van der Waals surface area (Å²) in [6, 6.07) is 10.3. The van der Waals surface area contributed by atoms with Crippen LogP contribution in [0.25, 0.3) is 0 Å². The third-order valence-electron chi connectivity index (χ3n) is 3.46. The lowest BCUT2D eigenvalue weighted by atomic mass is 10.1. The van der Waals surface area contributed by atoms with Crippen molar-refractivity contribution in [1.82, 2.24) is 15.1 Å². The van der Waals surface area contributed by atoms with Crippen molar-refractivity contribution >= 4 is 0 Å². The number of hydrogen-bond acceptors (Lipinski definition) is 3. The maximum absolute atomic E-state index is 9.52. The van der Waals surface area contributed by atoms with Crippen molar-refractivity contribution in [3.05, 3.63) is 53.9 Å². The van der Waals surface area contributed by atoms with E-state index < -0.39 is 0 Å². The number of benzene rings is 1. The quantitative estimate of drug-likeness (QED) is 0.857. The lowest BCUT2D eigenvalue weighted by Gasteiger charge is -2.19. The molecule has 0 radical (unpaired) electrons. The van der Waals surface area contributed by atoms with Gasteiger partial charge in [0.05, 0.1) is 18.3 Å². The highest BCUT2D eigenvalue weighted by Gasteiger charge is 2.14. The lowest BCUT2D eigenvalue weighted by Crippen LogP contribution is -2.34.